The SMILES string of the molecule is COc1nc(OC2CCc3c(-c4cccc5c4CCC5Oc4nc(OC)c(CNC[C@@H](O)CC(=O)O)cc4Cl)cccc32)c(Cl)cc1CNCC(O)CC(=O)O. The number of nitrogens with zero attached hydrogens (tertiary/aromatic N) is 2. The topological polar surface area (TPSA) is 202 Å². The van der Waals surface area contributed by atoms with Crippen molar-refractivity contribution in [3.05, 3.63) is 92.0 Å². The lowest BCUT2D eigenvalue weighted by molar-refractivity contribution is -0.140. The van der Waals surface area contributed by atoms with Gasteiger partial charge in [-0.2, -0.15) is 9.97 Å². The number of rotatable bonds is 19. The van der Waals surface area contributed by atoms with E-state index in [0.717, 1.165) is 47.9 Å². The Bertz CT molecular complexity index is 1920. The highest BCUT2D eigenvalue weighted by molar-refractivity contribution is 6.32. The molecular formula is C40H44Cl2N4O10. The molecule has 0 radical (unpaired) electrons. The molecule has 2 aliphatic carbocycles. The fourth-order valence-corrected chi connectivity index (χ4v) is 7.74. The highest BCUT2D eigenvalue weighted by atomic mass is 35.5. The molecule has 2 heterocycles. The smallest absolute Gasteiger partial charge is 0.306 e. The van der Waals surface area contributed by atoms with Gasteiger partial charge < -0.3 is 50.0 Å². The average molecular weight is 812 g/mol. The number of aliphatic hydroxyl groups is 2. The largest absolute Gasteiger partial charge is 0.481 e. The second-order valence-electron chi connectivity index (χ2n) is 13.7. The van der Waals surface area contributed by atoms with E-state index in [1.807, 2.05) is 12.1 Å². The van der Waals surface area contributed by atoms with E-state index in [1.54, 1.807) is 12.1 Å². The standard InChI is InChI=1S/C40H44Cl2N4O10/c1-53-37-21(17-43-19-23(47)15-35(49)50)13-31(41)39(45-37)55-33-11-9-27-25(5-3-7-29(27)33)26-6-4-8-30-28(26)10-12-34(30)56-40-32(42)14-22(38(46-40)54-2)18-44-20-24(48)16-36(51)52/h3-8,13-14,23-24,33-34,43-44,47-48H,9-12,15-20H2,1-2H3,(H,49,50)(H,51,52)/t23-,24?,33?,34?/m0/s1. The predicted molar refractivity (Wildman–Crippen MR) is 207 cm³/mol. The highest BCUT2D eigenvalue weighted by Crippen LogP contribution is 2.46. The fraction of sp³-hybridized carbons (Fsp3) is 0.400. The van der Waals surface area contributed by atoms with E-state index in [2.05, 4.69) is 44.9 Å². The number of carbonyl (C=O) groups is 2. The molecule has 0 bridgehead atoms. The number of hydrogen-bond acceptors (Lipinski definition) is 12. The van der Waals surface area contributed by atoms with Crippen LogP contribution in [0.25, 0.3) is 11.1 Å². The molecule has 14 nitrogen and oxygen atoms in total. The number of halogens is 2. The van der Waals surface area contributed by atoms with Crippen molar-refractivity contribution in [2.75, 3.05) is 27.3 Å². The lowest BCUT2D eigenvalue weighted by atomic mass is 9.91. The van der Waals surface area contributed by atoms with Crippen LogP contribution in [0.1, 0.15) is 71.3 Å². The Hall–Kier alpha value is -4.70. The third kappa shape index (κ3) is 9.63. The molecule has 3 unspecified atom stereocenters. The van der Waals surface area contributed by atoms with Crippen LogP contribution in [-0.2, 0) is 35.5 Å². The van der Waals surface area contributed by atoms with Crippen LogP contribution >= 0.6 is 23.2 Å². The number of aromatic nitrogens is 2. The van der Waals surface area contributed by atoms with Gasteiger partial charge in [-0.3, -0.25) is 9.59 Å². The zero-order valence-corrected chi connectivity index (χ0v) is 32.4. The summed E-state index contributed by atoms with van der Waals surface area (Å²) < 4.78 is 23.9. The maximum absolute atomic E-state index is 10.9. The highest BCUT2D eigenvalue weighted by Gasteiger charge is 2.32. The number of fused-ring (bicyclic) bond motifs is 2. The van der Waals surface area contributed by atoms with Gasteiger partial charge in [0.15, 0.2) is 0 Å². The van der Waals surface area contributed by atoms with Gasteiger partial charge in [-0.1, -0.05) is 59.6 Å². The molecule has 56 heavy (non-hydrogen) atoms. The van der Waals surface area contributed by atoms with E-state index in [1.165, 1.54) is 25.3 Å². The first-order valence-corrected chi connectivity index (χ1v) is 19.0. The van der Waals surface area contributed by atoms with Gasteiger partial charge in [0.05, 0.1) is 39.3 Å². The van der Waals surface area contributed by atoms with Crippen LogP contribution in [0.4, 0.5) is 0 Å². The second-order valence-corrected chi connectivity index (χ2v) is 14.5. The third-order valence-corrected chi connectivity index (χ3v) is 10.3. The molecule has 0 aliphatic heterocycles. The van der Waals surface area contributed by atoms with Crippen molar-refractivity contribution in [3.8, 4) is 34.6 Å². The molecule has 4 atom stereocenters. The summed E-state index contributed by atoms with van der Waals surface area (Å²) in [6.07, 6.45) is -0.375. The summed E-state index contributed by atoms with van der Waals surface area (Å²) in [4.78, 5) is 30.8. The van der Waals surface area contributed by atoms with Crippen LogP contribution in [0.2, 0.25) is 10.0 Å². The van der Waals surface area contributed by atoms with E-state index < -0.39 is 24.1 Å². The molecule has 298 valence electrons. The summed E-state index contributed by atoms with van der Waals surface area (Å²) in [6, 6.07) is 15.8. The normalized spacial score (nSPS) is 16.8. The van der Waals surface area contributed by atoms with E-state index >= 15 is 0 Å². The zero-order valence-electron chi connectivity index (χ0n) is 30.9. The number of carboxylic acids is 2. The van der Waals surface area contributed by atoms with Gasteiger partial charge in [-0.15, -0.1) is 0 Å². The van der Waals surface area contributed by atoms with Crippen LogP contribution in [0.3, 0.4) is 0 Å². The number of nitrogens with one attached hydrogen (secondary N) is 2. The number of carboxylic acid groups (broad SMARTS) is 2. The predicted octanol–water partition coefficient (Wildman–Crippen LogP) is 5.45. The third-order valence-electron chi connectivity index (χ3n) is 9.79. The number of methoxy groups -OCH3 is 2. The van der Waals surface area contributed by atoms with E-state index in [9.17, 15) is 19.8 Å². The van der Waals surface area contributed by atoms with Gasteiger partial charge in [-0.25, -0.2) is 0 Å². The van der Waals surface area contributed by atoms with Crippen molar-refractivity contribution in [3.63, 3.8) is 0 Å². The summed E-state index contributed by atoms with van der Waals surface area (Å²) in [5, 5.41) is 44.2. The Kier molecular flexibility index (Phi) is 13.5. The monoisotopic (exact) mass is 810 g/mol. The maximum atomic E-state index is 10.9. The van der Waals surface area contributed by atoms with Crippen molar-refractivity contribution < 1.29 is 49.0 Å². The maximum Gasteiger partial charge on any atom is 0.306 e. The van der Waals surface area contributed by atoms with Crippen molar-refractivity contribution in [2.45, 2.75) is 76.0 Å². The summed E-state index contributed by atoms with van der Waals surface area (Å²) in [7, 11) is 2.99. The van der Waals surface area contributed by atoms with E-state index in [-0.39, 0.29) is 63.0 Å². The van der Waals surface area contributed by atoms with Crippen molar-refractivity contribution in [1.29, 1.82) is 0 Å². The molecule has 16 heteroatoms. The molecule has 2 aromatic heterocycles. The Labute approximate surface area is 333 Å². The van der Waals surface area contributed by atoms with Crippen molar-refractivity contribution in [2.24, 2.45) is 0 Å². The Morgan fingerprint density at radius 2 is 1.12 bits per heavy atom. The molecular weight excluding hydrogens is 767 g/mol. The molecule has 2 aliphatic rings. The summed E-state index contributed by atoms with van der Waals surface area (Å²) >= 11 is 13.3. The van der Waals surface area contributed by atoms with Gasteiger partial charge >= 0.3 is 11.9 Å². The summed E-state index contributed by atoms with van der Waals surface area (Å²) in [5.41, 5.74) is 7.99. The van der Waals surface area contributed by atoms with Crippen LogP contribution in [0.5, 0.6) is 23.5 Å². The molecule has 2 aromatic carbocycles. The Morgan fingerprint density at radius 3 is 1.50 bits per heavy atom. The van der Waals surface area contributed by atoms with Crippen molar-refractivity contribution in [1.82, 2.24) is 20.6 Å². The van der Waals surface area contributed by atoms with Crippen LogP contribution in [-0.4, -0.2) is 81.8 Å². The number of hydrogen-bond donors (Lipinski definition) is 6. The van der Waals surface area contributed by atoms with Gasteiger partial charge in [-0.05, 0) is 71.2 Å². The van der Waals surface area contributed by atoms with Gasteiger partial charge in [0.2, 0.25) is 23.5 Å². The van der Waals surface area contributed by atoms with Crippen molar-refractivity contribution >= 4 is 35.1 Å². The molecule has 0 spiro atoms. The molecule has 6 N–H and O–H groups in total. The Balaban J connectivity index is 1.16. The fourth-order valence-electron chi connectivity index (χ4n) is 7.31. The number of ether oxygens (including phenoxy) is 4. The number of benzene rings is 2. The summed E-state index contributed by atoms with van der Waals surface area (Å²) in [6.45, 7) is 0.656. The molecule has 4 aromatic rings. The first-order valence-electron chi connectivity index (χ1n) is 18.2. The quantitative estimate of drug-likeness (QED) is 0.0698. The van der Waals surface area contributed by atoms with Crippen LogP contribution < -0.4 is 29.6 Å². The van der Waals surface area contributed by atoms with E-state index in [0.29, 0.717) is 32.9 Å². The number of aliphatic hydroxyl groups excluding tert-OH is 2. The number of pyridine rings is 2. The minimum Gasteiger partial charge on any atom is -0.481 e. The molecule has 0 amide bonds. The van der Waals surface area contributed by atoms with Crippen LogP contribution in [0.15, 0.2) is 48.5 Å². The zero-order chi connectivity index (χ0) is 39.9. The van der Waals surface area contributed by atoms with Gasteiger partial charge in [0.25, 0.3) is 0 Å². The molecule has 0 saturated heterocycles. The minimum absolute atomic E-state index is 0.0754. The average Bonchev–Trinajstić information content (AvgIpc) is 3.77. The van der Waals surface area contributed by atoms with Crippen LogP contribution in [0, 0.1) is 0 Å². The number of aliphatic carboxylic acids is 2. The van der Waals surface area contributed by atoms with E-state index in [4.69, 9.17) is 52.4 Å². The minimum atomic E-state index is -1.08. The first kappa shape index (κ1) is 40.9. The van der Waals surface area contributed by atoms with Gasteiger partial charge in [0.1, 0.15) is 22.3 Å². The second kappa shape index (κ2) is 18.5. The molecule has 0 saturated carbocycles. The molecule has 0 fully saturated rings. The molecule has 6 rings (SSSR count). The summed E-state index contributed by atoms with van der Waals surface area (Å²) in [5.74, 6) is -1.07. The first-order chi connectivity index (χ1) is 26.9. The van der Waals surface area contributed by atoms with Gasteiger partial charge in [0, 0.05) is 37.3 Å². The lowest BCUT2D eigenvalue weighted by Gasteiger charge is -2.19. The lowest BCUT2D eigenvalue weighted by Crippen LogP contribution is -2.28. The Morgan fingerprint density at radius 1 is 0.714 bits per heavy atom.